The van der Waals surface area contributed by atoms with Gasteiger partial charge in [-0.3, -0.25) is 4.79 Å². The lowest BCUT2D eigenvalue weighted by Gasteiger charge is -2.08. The second-order valence-corrected chi connectivity index (χ2v) is 3.55. The molecule has 1 atom stereocenters. The summed E-state index contributed by atoms with van der Waals surface area (Å²) in [6.45, 7) is 9.90. The lowest BCUT2D eigenvalue weighted by Crippen LogP contribution is -2.29. The van der Waals surface area contributed by atoms with Crippen LogP contribution in [0.25, 0.3) is 0 Å². The van der Waals surface area contributed by atoms with Crippen molar-refractivity contribution in [3.8, 4) is 0 Å². The molecule has 0 fully saturated rings. The average Bonchev–Trinajstić information content (AvgIpc) is 1.87. The molecule has 0 bridgehead atoms. The molecule has 0 saturated carbocycles. The van der Waals surface area contributed by atoms with E-state index in [0.29, 0.717) is 5.92 Å². The molecule has 0 radical (unpaired) electrons. The summed E-state index contributed by atoms with van der Waals surface area (Å²) in [6, 6.07) is -0.245. The molecule has 0 aliphatic carbocycles. The first-order valence-corrected chi connectivity index (χ1v) is 4.71. The van der Waals surface area contributed by atoms with Gasteiger partial charge in [-0.2, -0.15) is 0 Å². The van der Waals surface area contributed by atoms with E-state index in [9.17, 15) is 4.79 Å². The Morgan fingerprint density at radius 1 is 1.33 bits per heavy atom. The smallest absolute Gasteiger partial charge is 0.146 e. The van der Waals surface area contributed by atoms with E-state index in [-0.39, 0.29) is 11.8 Å². The maximum atomic E-state index is 10.6. The number of carbonyl (C=O) groups excluding carboxylic acids is 1. The van der Waals surface area contributed by atoms with Gasteiger partial charge in [-0.25, -0.2) is 0 Å². The quantitative estimate of drug-likeness (QED) is 0.712. The molecule has 74 valence electrons. The molecule has 0 aromatic rings. The summed E-state index contributed by atoms with van der Waals surface area (Å²) in [5.74, 6) is 0.604. The van der Waals surface area contributed by atoms with Crippen LogP contribution in [0.5, 0.6) is 0 Å². The van der Waals surface area contributed by atoms with Gasteiger partial charge in [-0.15, -0.1) is 0 Å². The van der Waals surface area contributed by atoms with Crippen LogP contribution in [0.3, 0.4) is 0 Å². The lowest BCUT2D eigenvalue weighted by molar-refractivity contribution is -0.118. The number of hydrogen-bond acceptors (Lipinski definition) is 2. The van der Waals surface area contributed by atoms with Crippen LogP contribution in [-0.4, -0.2) is 11.8 Å². The van der Waals surface area contributed by atoms with E-state index in [1.165, 1.54) is 13.3 Å². The first-order valence-electron chi connectivity index (χ1n) is 4.71. The Kier molecular flexibility index (Phi) is 10.3. The Morgan fingerprint density at radius 2 is 1.67 bits per heavy atom. The second kappa shape index (κ2) is 8.72. The fourth-order valence-corrected chi connectivity index (χ4v) is 0.674. The van der Waals surface area contributed by atoms with Crippen molar-refractivity contribution in [3.05, 3.63) is 0 Å². The molecule has 0 saturated heterocycles. The zero-order valence-corrected chi connectivity index (χ0v) is 9.05. The number of carbonyl (C=O) groups is 1. The zero-order chi connectivity index (χ0) is 10.1. The maximum absolute atomic E-state index is 10.6. The topological polar surface area (TPSA) is 43.1 Å². The predicted molar refractivity (Wildman–Crippen MR) is 54.1 cm³/mol. The number of rotatable bonds is 3. The van der Waals surface area contributed by atoms with Gasteiger partial charge >= 0.3 is 0 Å². The van der Waals surface area contributed by atoms with Crippen molar-refractivity contribution in [2.75, 3.05) is 0 Å². The monoisotopic (exact) mass is 173 g/mol. The molecule has 0 amide bonds. The van der Waals surface area contributed by atoms with Crippen molar-refractivity contribution in [1.29, 1.82) is 0 Å². The molecular formula is C10H23NO. The number of nitrogens with two attached hydrogens (primary N) is 1. The fraction of sp³-hybridized carbons (Fsp3) is 0.900. The molecule has 2 heteroatoms. The summed E-state index contributed by atoms with van der Waals surface area (Å²) in [6.07, 6.45) is 2.05. The van der Waals surface area contributed by atoms with E-state index < -0.39 is 0 Å². The molecule has 12 heavy (non-hydrogen) atoms. The molecule has 1 unspecified atom stereocenters. The van der Waals surface area contributed by atoms with E-state index in [1.54, 1.807) is 0 Å². The molecule has 0 rings (SSSR count). The first-order chi connectivity index (χ1) is 5.45. The molecule has 2 N–H and O–H groups in total. The van der Waals surface area contributed by atoms with E-state index in [1.807, 2.05) is 0 Å². The summed E-state index contributed by atoms with van der Waals surface area (Å²) in [5.41, 5.74) is 5.47. The van der Waals surface area contributed by atoms with Gasteiger partial charge in [0.15, 0.2) is 0 Å². The third-order valence-corrected chi connectivity index (χ3v) is 1.25. The Bertz CT molecular complexity index is 110. The third kappa shape index (κ3) is 12.3. The standard InChI is InChI=1S/C7H15NO.C3H8/c1-5(2)4-7(8)6(3)9;1-3-2/h5,7H,4,8H2,1-3H3;3H2,1-2H3. The van der Waals surface area contributed by atoms with Crippen LogP contribution in [-0.2, 0) is 4.79 Å². The summed E-state index contributed by atoms with van der Waals surface area (Å²) < 4.78 is 0. The molecule has 0 aromatic heterocycles. The minimum absolute atomic E-state index is 0.0868. The van der Waals surface area contributed by atoms with E-state index in [2.05, 4.69) is 27.7 Å². The van der Waals surface area contributed by atoms with Gasteiger partial charge in [-0.05, 0) is 19.3 Å². The Morgan fingerprint density at radius 3 is 1.75 bits per heavy atom. The van der Waals surface area contributed by atoms with Crippen LogP contribution >= 0.6 is 0 Å². The number of hydrogen-bond donors (Lipinski definition) is 1. The van der Waals surface area contributed by atoms with Crippen LogP contribution < -0.4 is 5.73 Å². The SMILES string of the molecule is CC(=O)C(N)CC(C)C.CCC. The molecule has 0 aromatic carbocycles. The Labute approximate surface area is 76.5 Å². The minimum Gasteiger partial charge on any atom is -0.322 e. The highest BCUT2D eigenvalue weighted by Gasteiger charge is 2.08. The third-order valence-electron chi connectivity index (χ3n) is 1.25. The van der Waals surface area contributed by atoms with Crippen molar-refractivity contribution in [2.24, 2.45) is 11.7 Å². The van der Waals surface area contributed by atoms with Crippen molar-refractivity contribution in [2.45, 2.75) is 53.5 Å². The van der Waals surface area contributed by atoms with Crippen LogP contribution in [0, 0.1) is 5.92 Å². The van der Waals surface area contributed by atoms with Crippen LogP contribution in [0.4, 0.5) is 0 Å². The van der Waals surface area contributed by atoms with Crippen molar-refractivity contribution in [1.82, 2.24) is 0 Å². The lowest BCUT2D eigenvalue weighted by atomic mass is 10.0. The van der Waals surface area contributed by atoms with Crippen molar-refractivity contribution >= 4 is 5.78 Å². The average molecular weight is 173 g/mol. The van der Waals surface area contributed by atoms with Gasteiger partial charge in [0.05, 0.1) is 6.04 Å². The summed E-state index contributed by atoms with van der Waals surface area (Å²) in [4.78, 5) is 10.6. The van der Waals surface area contributed by atoms with Gasteiger partial charge < -0.3 is 5.73 Å². The van der Waals surface area contributed by atoms with Gasteiger partial charge in [0.2, 0.25) is 0 Å². The Balaban J connectivity index is 0. The highest BCUT2D eigenvalue weighted by molar-refractivity contribution is 5.81. The molecule has 2 nitrogen and oxygen atoms in total. The molecule has 0 spiro atoms. The summed E-state index contributed by atoms with van der Waals surface area (Å²) in [7, 11) is 0. The summed E-state index contributed by atoms with van der Waals surface area (Å²) >= 11 is 0. The van der Waals surface area contributed by atoms with Gasteiger partial charge in [-0.1, -0.05) is 34.1 Å². The molecule has 0 aliphatic rings. The minimum atomic E-state index is -0.245. The van der Waals surface area contributed by atoms with Crippen LogP contribution in [0.2, 0.25) is 0 Å². The predicted octanol–water partition coefficient (Wildman–Crippen LogP) is 2.37. The zero-order valence-electron chi connectivity index (χ0n) is 9.05. The Hall–Kier alpha value is -0.370. The molecular weight excluding hydrogens is 150 g/mol. The number of ketones is 1. The normalized spacial score (nSPS) is 11.9. The van der Waals surface area contributed by atoms with Crippen molar-refractivity contribution in [3.63, 3.8) is 0 Å². The van der Waals surface area contributed by atoms with Crippen LogP contribution in [0.15, 0.2) is 0 Å². The van der Waals surface area contributed by atoms with Gasteiger partial charge in [0.25, 0.3) is 0 Å². The van der Waals surface area contributed by atoms with Gasteiger partial charge in [0, 0.05) is 0 Å². The molecule has 0 heterocycles. The maximum Gasteiger partial charge on any atom is 0.146 e. The highest BCUT2D eigenvalue weighted by Crippen LogP contribution is 2.02. The highest BCUT2D eigenvalue weighted by atomic mass is 16.1. The van der Waals surface area contributed by atoms with Gasteiger partial charge in [0.1, 0.15) is 5.78 Å². The van der Waals surface area contributed by atoms with Crippen molar-refractivity contribution < 1.29 is 4.79 Å². The number of Topliss-reactive ketones (excluding diaryl/α,β-unsaturated/α-hetero) is 1. The largest absolute Gasteiger partial charge is 0.322 e. The van der Waals surface area contributed by atoms with E-state index >= 15 is 0 Å². The summed E-state index contributed by atoms with van der Waals surface area (Å²) in [5, 5.41) is 0. The fourth-order valence-electron chi connectivity index (χ4n) is 0.674. The van der Waals surface area contributed by atoms with E-state index in [4.69, 9.17) is 5.73 Å². The first kappa shape index (κ1) is 14.2. The second-order valence-electron chi connectivity index (χ2n) is 3.55. The van der Waals surface area contributed by atoms with E-state index in [0.717, 1.165) is 6.42 Å². The van der Waals surface area contributed by atoms with Crippen LogP contribution in [0.1, 0.15) is 47.5 Å². The molecule has 0 aliphatic heterocycles.